The number of hydrogen-bond acceptors (Lipinski definition) is 9. The minimum Gasteiger partial charge on any atom is -0.350 e. The predicted octanol–water partition coefficient (Wildman–Crippen LogP) is 7.30. The Kier molecular flexibility index (Phi) is 7.54. The van der Waals surface area contributed by atoms with Crippen molar-refractivity contribution in [2.75, 3.05) is 10.6 Å². The van der Waals surface area contributed by atoms with E-state index in [0.717, 1.165) is 6.07 Å². The quantitative estimate of drug-likeness (QED) is 0.128. The molecule has 4 aromatic rings. The number of anilines is 4. The van der Waals surface area contributed by atoms with Gasteiger partial charge in [0.25, 0.3) is 17.1 Å². The fourth-order valence-corrected chi connectivity index (χ4v) is 3.56. The van der Waals surface area contributed by atoms with Crippen LogP contribution in [0.15, 0.2) is 89.9 Å². The number of non-ortho nitro benzene ring substituents is 1. The number of rotatable bonds is 9. The van der Waals surface area contributed by atoms with E-state index in [1.807, 2.05) is 0 Å². The van der Waals surface area contributed by atoms with Crippen LogP contribution in [0.25, 0.3) is 0 Å². The summed E-state index contributed by atoms with van der Waals surface area (Å²) in [6.07, 6.45) is 1.49. The highest BCUT2D eigenvalue weighted by molar-refractivity contribution is 6.30. The zero-order chi connectivity index (χ0) is 27.2. The van der Waals surface area contributed by atoms with Crippen molar-refractivity contribution in [3.05, 3.63) is 126 Å². The molecule has 0 spiro atoms. The van der Waals surface area contributed by atoms with Crippen LogP contribution in [0.2, 0.25) is 5.02 Å². The van der Waals surface area contributed by atoms with Gasteiger partial charge in [-0.05, 0) is 60.2 Å². The van der Waals surface area contributed by atoms with E-state index in [2.05, 4.69) is 15.6 Å². The van der Waals surface area contributed by atoms with Gasteiger partial charge in [0, 0.05) is 29.1 Å². The lowest BCUT2D eigenvalue weighted by molar-refractivity contribution is -0.393. The molecule has 4 rings (SSSR count). The van der Waals surface area contributed by atoms with Crippen molar-refractivity contribution in [1.82, 2.24) is 0 Å². The molecular weight excluding hydrogens is 516 g/mol. The number of nitro groups is 3. The smallest absolute Gasteiger partial charge is 0.299 e. The maximum Gasteiger partial charge on any atom is 0.299 e. The maximum atomic E-state index is 11.8. The molecule has 0 saturated carbocycles. The summed E-state index contributed by atoms with van der Waals surface area (Å²) in [5, 5.41) is 40.7. The fraction of sp³-hybridized carbons (Fsp3) is 0. The monoisotopic (exact) mass is 532 g/mol. The molecule has 0 heterocycles. The van der Waals surface area contributed by atoms with Crippen LogP contribution in [0.1, 0.15) is 5.56 Å². The van der Waals surface area contributed by atoms with Gasteiger partial charge in [0.2, 0.25) is 0 Å². The van der Waals surface area contributed by atoms with Gasteiger partial charge in [-0.25, -0.2) is 0 Å². The summed E-state index contributed by atoms with van der Waals surface area (Å²) in [6, 6.07) is 21.1. The maximum absolute atomic E-state index is 11.8. The summed E-state index contributed by atoms with van der Waals surface area (Å²) in [4.78, 5) is 36.8. The molecule has 0 bridgehead atoms. The average molecular weight is 533 g/mol. The van der Waals surface area contributed by atoms with E-state index < -0.39 is 26.1 Å². The largest absolute Gasteiger partial charge is 0.350 e. The molecule has 0 aliphatic heterocycles. The van der Waals surface area contributed by atoms with Crippen LogP contribution >= 0.6 is 11.6 Å². The Morgan fingerprint density at radius 2 is 1.29 bits per heavy atom. The lowest BCUT2D eigenvalue weighted by atomic mass is 10.1. The summed E-state index contributed by atoms with van der Waals surface area (Å²) < 4.78 is 0. The lowest BCUT2D eigenvalue weighted by Crippen LogP contribution is -2.03. The average Bonchev–Trinajstić information content (AvgIpc) is 2.89. The van der Waals surface area contributed by atoms with Crippen molar-refractivity contribution in [2.24, 2.45) is 4.99 Å². The summed E-state index contributed by atoms with van der Waals surface area (Å²) in [5.41, 5.74) is 0.858. The molecule has 38 heavy (non-hydrogen) atoms. The van der Waals surface area contributed by atoms with Crippen molar-refractivity contribution in [1.29, 1.82) is 0 Å². The van der Waals surface area contributed by atoms with Gasteiger partial charge in [-0.1, -0.05) is 23.7 Å². The third-order valence-corrected chi connectivity index (χ3v) is 5.51. The topological polar surface area (TPSA) is 166 Å². The molecule has 2 N–H and O–H groups in total. The number of para-hydroxylation sites is 2. The van der Waals surface area contributed by atoms with Gasteiger partial charge < -0.3 is 10.6 Å². The Morgan fingerprint density at radius 1 is 0.684 bits per heavy atom. The summed E-state index contributed by atoms with van der Waals surface area (Å²) in [5.74, 6) is 0. The Hall–Kier alpha value is -5.36. The Bertz CT molecular complexity index is 1560. The lowest BCUT2D eigenvalue weighted by Gasteiger charge is -2.13. The first-order valence-electron chi connectivity index (χ1n) is 10.9. The molecule has 0 fully saturated rings. The second-order valence-corrected chi connectivity index (χ2v) is 8.22. The standard InChI is InChI=1S/C25H17ClN6O6/c26-17-7-9-18(10-8-17)28-22-13-23(25(32(37)38)14-24(22)31(35)36)29-21-4-2-1-3-20(21)27-15-16-5-11-19(12-6-16)30(33)34/h1-15,28-29H. The Labute approximate surface area is 219 Å². The van der Waals surface area contributed by atoms with Gasteiger partial charge in [0.15, 0.2) is 0 Å². The molecule has 0 amide bonds. The molecule has 0 radical (unpaired) electrons. The van der Waals surface area contributed by atoms with E-state index in [1.165, 1.54) is 36.5 Å². The second kappa shape index (κ2) is 11.1. The van der Waals surface area contributed by atoms with E-state index in [1.54, 1.807) is 48.5 Å². The van der Waals surface area contributed by atoms with Gasteiger partial charge in [0.05, 0.1) is 32.2 Å². The summed E-state index contributed by atoms with van der Waals surface area (Å²) >= 11 is 5.91. The molecule has 4 aromatic carbocycles. The zero-order valence-corrected chi connectivity index (χ0v) is 20.0. The molecule has 0 aliphatic carbocycles. The molecule has 0 atom stereocenters. The number of aliphatic imine (C=N–C) groups is 1. The van der Waals surface area contributed by atoms with Crippen LogP contribution in [-0.4, -0.2) is 21.0 Å². The Morgan fingerprint density at radius 3 is 1.89 bits per heavy atom. The van der Waals surface area contributed by atoms with E-state index in [4.69, 9.17) is 11.6 Å². The first kappa shape index (κ1) is 25.7. The van der Waals surface area contributed by atoms with Crippen molar-refractivity contribution < 1.29 is 14.8 Å². The van der Waals surface area contributed by atoms with Crippen LogP contribution in [0.5, 0.6) is 0 Å². The van der Waals surface area contributed by atoms with Crippen molar-refractivity contribution in [3.63, 3.8) is 0 Å². The molecule has 0 unspecified atom stereocenters. The van der Waals surface area contributed by atoms with Gasteiger partial charge >= 0.3 is 0 Å². The van der Waals surface area contributed by atoms with Crippen molar-refractivity contribution in [3.8, 4) is 0 Å². The van der Waals surface area contributed by atoms with E-state index >= 15 is 0 Å². The third-order valence-electron chi connectivity index (χ3n) is 5.26. The minimum atomic E-state index is -0.718. The molecular formula is C25H17ClN6O6. The molecule has 0 aromatic heterocycles. The van der Waals surface area contributed by atoms with E-state index in [-0.39, 0.29) is 17.1 Å². The minimum absolute atomic E-state index is 0.00458. The number of nitro benzene ring substituents is 3. The molecule has 13 heteroatoms. The highest BCUT2D eigenvalue weighted by atomic mass is 35.5. The third kappa shape index (κ3) is 6.06. The molecule has 0 aliphatic rings. The Balaban J connectivity index is 1.70. The van der Waals surface area contributed by atoms with Crippen molar-refractivity contribution >= 4 is 63.3 Å². The van der Waals surface area contributed by atoms with E-state index in [0.29, 0.717) is 27.6 Å². The van der Waals surface area contributed by atoms with Gasteiger partial charge in [-0.15, -0.1) is 0 Å². The zero-order valence-electron chi connectivity index (χ0n) is 19.3. The van der Waals surface area contributed by atoms with Crippen LogP contribution in [0.3, 0.4) is 0 Å². The predicted molar refractivity (Wildman–Crippen MR) is 145 cm³/mol. The van der Waals surface area contributed by atoms with Crippen LogP contribution < -0.4 is 10.6 Å². The number of halogens is 1. The molecule has 0 saturated heterocycles. The molecule has 12 nitrogen and oxygen atoms in total. The first-order valence-corrected chi connectivity index (χ1v) is 11.2. The molecule has 190 valence electrons. The number of nitrogens with zero attached hydrogens (tertiary/aromatic N) is 4. The van der Waals surface area contributed by atoms with E-state index in [9.17, 15) is 30.3 Å². The van der Waals surface area contributed by atoms with Gasteiger partial charge in [-0.3, -0.25) is 35.3 Å². The SMILES string of the molecule is O=[N+]([O-])c1ccc(C=Nc2ccccc2Nc2cc(Nc3ccc(Cl)cc3)c([N+](=O)[O-])cc2[N+](=O)[O-])cc1. The second-order valence-electron chi connectivity index (χ2n) is 7.78. The van der Waals surface area contributed by atoms with Gasteiger partial charge in [-0.2, -0.15) is 0 Å². The van der Waals surface area contributed by atoms with Gasteiger partial charge in [0.1, 0.15) is 11.4 Å². The van der Waals surface area contributed by atoms with Crippen molar-refractivity contribution in [2.45, 2.75) is 0 Å². The summed E-state index contributed by atoms with van der Waals surface area (Å²) in [7, 11) is 0. The number of benzene rings is 4. The highest BCUT2D eigenvalue weighted by Crippen LogP contribution is 2.40. The van der Waals surface area contributed by atoms with Crippen LogP contribution in [-0.2, 0) is 0 Å². The normalized spacial score (nSPS) is 10.8. The number of hydrogen-bond donors (Lipinski definition) is 2. The first-order chi connectivity index (χ1) is 18.2. The summed E-state index contributed by atoms with van der Waals surface area (Å²) in [6.45, 7) is 0. The number of nitrogens with one attached hydrogen (secondary N) is 2. The van der Waals surface area contributed by atoms with Crippen LogP contribution in [0.4, 0.5) is 45.5 Å². The fourth-order valence-electron chi connectivity index (χ4n) is 3.43. The van der Waals surface area contributed by atoms with Crippen LogP contribution in [0, 0.1) is 30.3 Å². The highest BCUT2D eigenvalue weighted by Gasteiger charge is 2.25.